The molecule has 2 aliphatic rings. The number of carbonyl (C=O) groups is 2. The number of hydrogen-bond donors (Lipinski definition) is 0. The monoisotopic (exact) mass is 255 g/mol. The lowest BCUT2D eigenvalue weighted by atomic mass is 10.00. The molecule has 0 spiro atoms. The molecule has 0 N–H and O–H groups in total. The Labute approximate surface area is 107 Å². The molecule has 2 rings (SSSR count). The first-order chi connectivity index (χ1) is 8.74. The van der Waals surface area contributed by atoms with Gasteiger partial charge in [-0.2, -0.15) is 0 Å². The molecule has 2 saturated heterocycles. The molecule has 2 fully saturated rings. The molecule has 0 saturated carbocycles. The van der Waals surface area contributed by atoms with Gasteiger partial charge in [0.1, 0.15) is 0 Å². The van der Waals surface area contributed by atoms with Crippen LogP contribution in [0.5, 0.6) is 0 Å². The van der Waals surface area contributed by atoms with Gasteiger partial charge in [-0.05, 0) is 39.0 Å². The quantitative estimate of drug-likeness (QED) is 0.548. The van der Waals surface area contributed by atoms with Crippen molar-refractivity contribution in [1.82, 2.24) is 4.90 Å². The SMILES string of the molecule is CCOC(=O)C(=O)N1CCCC1C1CCCCO1. The van der Waals surface area contributed by atoms with E-state index in [2.05, 4.69) is 0 Å². The van der Waals surface area contributed by atoms with Crippen molar-refractivity contribution in [2.45, 2.75) is 51.2 Å². The molecule has 2 aliphatic heterocycles. The van der Waals surface area contributed by atoms with E-state index in [9.17, 15) is 9.59 Å². The molecule has 5 heteroatoms. The third kappa shape index (κ3) is 2.83. The second-order valence-electron chi connectivity index (χ2n) is 4.83. The van der Waals surface area contributed by atoms with Crippen molar-refractivity contribution in [3.63, 3.8) is 0 Å². The minimum absolute atomic E-state index is 0.0576. The van der Waals surface area contributed by atoms with Gasteiger partial charge in [0.2, 0.25) is 0 Å². The molecule has 0 aliphatic carbocycles. The van der Waals surface area contributed by atoms with Crippen LogP contribution in [0.3, 0.4) is 0 Å². The maximum Gasteiger partial charge on any atom is 0.397 e. The van der Waals surface area contributed by atoms with Gasteiger partial charge in [0.05, 0.1) is 18.8 Å². The van der Waals surface area contributed by atoms with Gasteiger partial charge in [0.25, 0.3) is 0 Å². The number of ether oxygens (including phenoxy) is 2. The summed E-state index contributed by atoms with van der Waals surface area (Å²) < 4.78 is 10.5. The summed E-state index contributed by atoms with van der Waals surface area (Å²) in [6.07, 6.45) is 5.18. The largest absolute Gasteiger partial charge is 0.459 e. The summed E-state index contributed by atoms with van der Waals surface area (Å²) >= 11 is 0. The van der Waals surface area contributed by atoms with E-state index in [1.54, 1.807) is 11.8 Å². The highest BCUT2D eigenvalue weighted by atomic mass is 16.5. The van der Waals surface area contributed by atoms with Crippen LogP contribution >= 0.6 is 0 Å². The van der Waals surface area contributed by atoms with Crippen molar-refractivity contribution in [3.8, 4) is 0 Å². The molecular formula is C13H21NO4. The predicted molar refractivity (Wildman–Crippen MR) is 65.0 cm³/mol. The Morgan fingerprint density at radius 3 is 2.78 bits per heavy atom. The lowest BCUT2D eigenvalue weighted by Gasteiger charge is -2.33. The number of esters is 1. The zero-order chi connectivity index (χ0) is 13.0. The molecule has 18 heavy (non-hydrogen) atoms. The second-order valence-corrected chi connectivity index (χ2v) is 4.83. The highest BCUT2D eigenvalue weighted by Crippen LogP contribution is 2.27. The van der Waals surface area contributed by atoms with Crippen LogP contribution < -0.4 is 0 Å². The number of hydrogen-bond acceptors (Lipinski definition) is 4. The van der Waals surface area contributed by atoms with Crippen molar-refractivity contribution < 1.29 is 19.1 Å². The fourth-order valence-corrected chi connectivity index (χ4v) is 2.81. The Morgan fingerprint density at radius 1 is 1.28 bits per heavy atom. The molecule has 0 aromatic heterocycles. The maximum atomic E-state index is 12.0. The molecule has 5 nitrogen and oxygen atoms in total. The predicted octanol–water partition coefficient (Wildman–Crippen LogP) is 1.11. The minimum Gasteiger partial charge on any atom is -0.459 e. The zero-order valence-electron chi connectivity index (χ0n) is 10.9. The number of rotatable bonds is 2. The van der Waals surface area contributed by atoms with Gasteiger partial charge in [-0.1, -0.05) is 0 Å². The molecule has 0 aromatic carbocycles. The third-order valence-electron chi connectivity index (χ3n) is 3.65. The van der Waals surface area contributed by atoms with Gasteiger partial charge in [0.15, 0.2) is 0 Å². The first-order valence-electron chi connectivity index (χ1n) is 6.83. The number of likely N-dealkylation sites (tertiary alicyclic amines) is 1. The van der Waals surface area contributed by atoms with E-state index in [1.807, 2.05) is 0 Å². The van der Waals surface area contributed by atoms with Crippen LogP contribution in [-0.2, 0) is 19.1 Å². The van der Waals surface area contributed by atoms with Gasteiger partial charge < -0.3 is 14.4 Å². The summed E-state index contributed by atoms with van der Waals surface area (Å²) in [5, 5.41) is 0. The van der Waals surface area contributed by atoms with Crippen molar-refractivity contribution in [2.24, 2.45) is 0 Å². The molecule has 0 aromatic rings. The molecule has 2 atom stereocenters. The van der Waals surface area contributed by atoms with E-state index in [-0.39, 0.29) is 18.8 Å². The van der Waals surface area contributed by atoms with Crippen molar-refractivity contribution in [1.29, 1.82) is 0 Å². The van der Waals surface area contributed by atoms with Gasteiger partial charge >= 0.3 is 11.9 Å². The lowest BCUT2D eigenvalue weighted by molar-refractivity contribution is -0.162. The summed E-state index contributed by atoms with van der Waals surface area (Å²) in [7, 11) is 0. The second kappa shape index (κ2) is 6.18. The van der Waals surface area contributed by atoms with Crippen molar-refractivity contribution >= 4 is 11.9 Å². The average molecular weight is 255 g/mol. The Morgan fingerprint density at radius 2 is 2.11 bits per heavy atom. The van der Waals surface area contributed by atoms with E-state index in [0.717, 1.165) is 38.7 Å². The highest BCUT2D eigenvalue weighted by molar-refractivity contribution is 6.32. The Kier molecular flexibility index (Phi) is 4.58. The fourth-order valence-electron chi connectivity index (χ4n) is 2.81. The van der Waals surface area contributed by atoms with Crippen LogP contribution in [-0.4, -0.2) is 48.7 Å². The summed E-state index contributed by atoms with van der Waals surface area (Å²) in [6, 6.07) is 0.0576. The smallest absolute Gasteiger partial charge is 0.397 e. The average Bonchev–Trinajstić information content (AvgIpc) is 2.88. The molecule has 0 bridgehead atoms. The first-order valence-corrected chi connectivity index (χ1v) is 6.83. The Hall–Kier alpha value is -1.10. The number of nitrogens with zero attached hydrogens (tertiary/aromatic N) is 1. The van der Waals surface area contributed by atoms with Crippen molar-refractivity contribution in [2.75, 3.05) is 19.8 Å². The summed E-state index contributed by atoms with van der Waals surface area (Å²) in [5.74, 6) is -1.24. The van der Waals surface area contributed by atoms with E-state index < -0.39 is 11.9 Å². The molecule has 0 radical (unpaired) electrons. The number of amides is 1. The topological polar surface area (TPSA) is 55.8 Å². The molecule has 102 valence electrons. The van der Waals surface area contributed by atoms with E-state index in [4.69, 9.17) is 9.47 Å². The Bertz CT molecular complexity index is 312. The molecule has 2 unspecified atom stereocenters. The fraction of sp³-hybridized carbons (Fsp3) is 0.846. The minimum atomic E-state index is -0.736. The molecular weight excluding hydrogens is 234 g/mol. The van der Waals surface area contributed by atoms with Crippen LogP contribution in [0.1, 0.15) is 39.0 Å². The van der Waals surface area contributed by atoms with E-state index in [0.29, 0.717) is 6.54 Å². The maximum absolute atomic E-state index is 12.0. The van der Waals surface area contributed by atoms with Crippen molar-refractivity contribution in [3.05, 3.63) is 0 Å². The van der Waals surface area contributed by atoms with Gasteiger partial charge in [-0.3, -0.25) is 4.79 Å². The normalized spacial score (nSPS) is 28.2. The van der Waals surface area contributed by atoms with E-state index >= 15 is 0 Å². The third-order valence-corrected chi connectivity index (χ3v) is 3.65. The highest BCUT2D eigenvalue weighted by Gasteiger charge is 2.38. The van der Waals surface area contributed by atoms with Crippen LogP contribution in [0.25, 0.3) is 0 Å². The van der Waals surface area contributed by atoms with Crippen LogP contribution in [0.15, 0.2) is 0 Å². The lowest BCUT2D eigenvalue weighted by Crippen LogP contribution is -2.47. The van der Waals surface area contributed by atoms with E-state index in [1.165, 1.54) is 0 Å². The van der Waals surface area contributed by atoms with Crippen LogP contribution in [0, 0.1) is 0 Å². The first kappa shape index (κ1) is 13.3. The summed E-state index contributed by atoms with van der Waals surface area (Å²) in [5.41, 5.74) is 0. The Balaban J connectivity index is 1.97. The van der Waals surface area contributed by atoms with Gasteiger partial charge in [0, 0.05) is 13.2 Å². The standard InChI is InChI=1S/C13H21NO4/c1-2-17-13(16)12(15)14-8-5-6-10(14)11-7-3-4-9-18-11/h10-11H,2-9H2,1H3. The summed E-state index contributed by atoms with van der Waals surface area (Å²) in [4.78, 5) is 25.1. The van der Waals surface area contributed by atoms with Crippen LogP contribution in [0.4, 0.5) is 0 Å². The van der Waals surface area contributed by atoms with Gasteiger partial charge in [-0.25, -0.2) is 4.79 Å². The molecule has 2 heterocycles. The summed E-state index contributed by atoms with van der Waals surface area (Å²) in [6.45, 7) is 3.35. The molecule has 1 amide bonds. The zero-order valence-corrected chi connectivity index (χ0v) is 10.9. The van der Waals surface area contributed by atoms with Gasteiger partial charge in [-0.15, -0.1) is 0 Å². The van der Waals surface area contributed by atoms with Crippen LogP contribution in [0.2, 0.25) is 0 Å². The number of carbonyl (C=O) groups excluding carboxylic acids is 2.